The Morgan fingerprint density at radius 2 is 1.73 bits per heavy atom. The van der Waals surface area contributed by atoms with Gasteiger partial charge >= 0.3 is 0 Å². The van der Waals surface area contributed by atoms with Crippen LogP contribution in [0.2, 0.25) is 0 Å². The normalized spacial score (nSPS) is 19.1. The van der Waals surface area contributed by atoms with Gasteiger partial charge in [-0.15, -0.1) is 0 Å². The van der Waals surface area contributed by atoms with Crippen molar-refractivity contribution in [3.05, 3.63) is 58.7 Å². The summed E-state index contributed by atoms with van der Waals surface area (Å²) in [5, 5.41) is 0. The van der Waals surface area contributed by atoms with Crippen LogP contribution >= 0.6 is 0 Å². The molecule has 3 rings (SSSR count). The lowest BCUT2D eigenvalue weighted by Gasteiger charge is -2.27. The molecule has 116 valence electrons. The van der Waals surface area contributed by atoms with Crippen LogP contribution in [0.25, 0.3) is 0 Å². The molecule has 1 atom stereocenters. The van der Waals surface area contributed by atoms with Gasteiger partial charge in [0.05, 0.1) is 11.6 Å². The third-order valence-electron chi connectivity index (χ3n) is 4.60. The molecule has 2 nitrogen and oxygen atoms in total. The van der Waals surface area contributed by atoms with Gasteiger partial charge in [0.25, 0.3) is 0 Å². The number of benzene rings is 2. The van der Waals surface area contributed by atoms with Crippen molar-refractivity contribution in [2.45, 2.75) is 52.1 Å². The highest BCUT2D eigenvalue weighted by atomic mass is 16.5. The van der Waals surface area contributed by atoms with Gasteiger partial charge in [-0.3, -0.25) is 0 Å². The maximum absolute atomic E-state index is 6.20. The molecule has 0 saturated carbocycles. The average molecular weight is 295 g/mol. The van der Waals surface area contributed by atoms with Gasteiger partial charge in [-0.1, -0.05) is 44.2 Å². The third kappa shape index (κ3) is 2.37. The average Bonchev–Trinajstić information content (AvgIpc) is 2.70. The van der Waals surface area contributed by atoms with Crippen molar-refractivity contribution in [3.8, 4) is 5.75 Å². The lowest BCUT2D eigenvalue weighted by atomic mass is 9.80. The van der Waals surface area contributed by atoms with Gasteiger partial charge in [0.15, 0.2) is 0 Å². The van der Waals surface area contributed by atoms with E-state index in [1.807, 2.05) is 6.07 Å². The lowest BCUT2D eigenvalue weighted by molar-refractivity contribution is 0.123. The first-order valence-corrected chi connectivity index (χ1v) is 7.98. The Labute approximate surface area is 133 Å². The molecule has 22 heavy (non-hydrogen) atoms. The summed E-state index contributed by atoms with van der Waals surface area (Å²) in [4.78, 5) is 0. The Balaban J connectivity index is 2.10. The molecule has 1 aliphatic rings. The quantitative estimate of drug-likeness (QED) is 0.791. The van der Waals surface area contributed by atoms with Gasteiger partial charge < -0.3 is 10.5 Å². The predicted octanol–water partition coefficient (Wildman–Crippen LogP) is 5.00. The van der Waals surface area contributed by atoms with Crippen molar-refractivity contribution in [1.29, 1.82) is 0 Å². The van der Waals surface area contributed by atoms with E-state index in [1.165, 1.54) is 22.3 Å². The van der Waals surface area contributed by atoms with Crippen molar-refractivity contribution >= 4 is 5.69 Å². The molecule has 1 unspecified atom stereocenters. The number of anilines is 1. The molecule has 2 N–H and O–H groups in total. The van der Waals surface area contributed by atoms with Crippen LogP contribution in [0, 0.1) is 6.92 Å². The molecule has 2 heteroatoms. The molecule has 0 aromatic heterocycles. The fourth-order valence-corrected chi connectivity index (χ4v) is 3.51. The van der Waals surface area contributed by atoms with E-state index in [0.717, 1.165) is 11.4 Å². The van der Waals surface area contributed by atoms with E-state index in [1.54, 1.807) is 0 Å². The maximum Gasteiger partial charge on any atom is 0.147 e. The minimum Gasteiger partial charge on any atom is -0.484 e. The second kappa shape index (κ2) is 5.05. The number of ether oxygens (including phenoxy) is 1. The minimum atomic E-state index is -0.288. The van der Waals surface area contributed by atoms with E-state index >= 15 is 0 Å². The van der Waals surface area contributed by atoms with Crippen LogP contribution < -0.4 is 10.5 Å². The number of aryl methyl sites for hydroxylation is 1. The second-order valence-electron chi connectivity index (χ2n) is 7.23. The standard InChI is InChI=1S/C20H25NO/c1-12(2)14-6-8-15(9-7-14)18-16-10-13(3)11-17(21)19(16)22-20(18,4)5/h6-12,18H,21H2,1-5H3. The third-order valence-corrected chi connectivity index (χ3v) is 4.60. The molecule has 1 aliphatic heterocycles. The van der Waals surface area contributed by atoms with E-state index in [0.29, 0.717) is 5.92 Å². The summed E-state index contributed by atoms with van der Waals surface area (Å²) in [5.41, 5.74) is 11.7. The van der Waals surface area contributed by atoms with E-state index in [-0.39, 0.29) is 11.5 Å². The molecule has 0 bridgehead atoms. The summed E-state index contributed by atoms with van der Waals surface area (Å²) >= 11 is 0. The van der Waals surface area contributed by atoms with Crippen LogP contribution in [0.3, 0.4) is 0 Å². The molecule has 1 heterocycles. The van der Waals surface area contributed by atoms with Crippen LogP contribution in [-0.4, -0.2) is 5.60 Å². The van der Waals surface area contributed by atoms with E-state index in [9.17, 15) is 0 Å². The maximum atomic E-state index is 6.20. The van der Waals surface area contributed by atoms with Crippen molar-refractivity contribution in [2.24, 2.45) is 0 Å². The monoisotopic (exact) mass is 295 g/mol. The first-order chi connectivity index (χ1) is 10.3. The fraction of sp³-hybridized carbons (Fsp3) is 0.400. The van der Waals surface area contributed by atoms with Crippen LogP contribution in [-0.2, 0) is 0 Å². The number of hydrogen-bond acceptors (Lipinski definition) is 2. The van der Waals surface area contributed by atoms with Crippen LogP contribution in [0.4, 0.5) is 5.69 Å². The number of hydrogen-bond donors (Lipinski definition) is 1. The van der Waals surface area contributed by atoms with Crippen molar-refractivity contribution in [2.75, 3.05) is 5.73 Å². The summed E-state index contributed by atoms with van der Waals surface area (Å²) in [6, 6.07) is 13.1. The zero-order valence-corrected chi connectivity index (χ0v) is 14.1. The summed E-state index contributed by atoms with van der Waals surface area (Å²) < 4.78 is 6.20. The largest absolute Gasteiger partial charge is 0.484 e. The smallest absolute Gasteiger partial charge is 0.147 e. The van der Waals surface area contributed by atoms with Crippen molar-refractivity contribution in [1.82, 2.24) is 0 Å². The molecule has 0 aliphatic carbocycles. The van der Waals surface area contributed by atoms with Crippen LogP contribution in [0.5, 0.6) is 5.75 Å². The summed E-state index contributed by atoms with van der Waals surface area (Å²) in [5.74, 6) is 1.62. The first-order valence-electron chi connectivity index (χ1n) is 7.98. The van der Waals surface area contributed by atoms with Gasteiger partial charge in [-0.25, -0.2) is 0 Å². The van der Waals surface area contributed by atoms with E-state index in [4.69, 9.17) is 10.5 Å². The zero-order valence-electron chi connectivity index (χ0n) is 14.1. The topological polar surface area (TPSA) is 35.2 Å². The number of fused-ring (bicyclic) bond motifs is 1. The Hall–Kier alpha value is -1.96. The fourth-order valence-electron chi connectivity index (χ4n) is 3.51. The van der Waals surface area contributed by atoms with Gasteiger partial charge in [0.2, 0.25) is 0 Å². The molecule has 0 radical (unpaired) electrons. The Kier molecular flexibility index (Phi) is 3.43. The molecular formula is C20H25NO. The Bertz CT molecular complexity index is 698. The molecule has 2 aromatic rings. The molecule has 0 fully saturated rings. The molecule has 2 aromatic carbocycles. The van der Waals surface area contributed by atoms with E-state index in [2.05, 4.69) is 65.0 Å². The van der Waals surface area contributed by atoms with Crippen LogP contribution in [0.1, 0.15) is 61.8 Å². The van der Waals surface area contributed by atoms with Crippen LogP contribution in [0.15, 0.2) is 36.4 Å². The SMILES string of the molecule is Cc1cc(N)c2c(c1)C(c1ccc(C(C)C)cc1)C(C)(C)O2. The van der Waals surface area contributed by atoms with Gasteiger partial charge in [0, 0.05) is 5.56 Å². The number of nitrogens with two attached hydrogens (primary N) is 1. The molecular weight excluding hydrogens is 270 g/mol. The van der Waals surface area contributed by atoms with Gasteiger partial charge in [-0.2, -0.15) is 0 Å². The van der Waals surface area contributed by atoms with Crippen molar-refractivity contribution in [3.63, 3.8) is 0 Å². The van der Waals surface area contributed by atoms with Gasteiger partial charge in [-0.05, 0) is 49.4 Å². The Morgan fingerprint density at radius 3 is 2.32 bits per heavy atom. The first kappa shape index (κ1) is 15.0. The molecule has 0 amide bonds. The molecule has 0 saturated heterocycles. The predicted molar refractivity (Wildman–Crippen MR) is 92.7 cm³/mol. The lowest BCUT2D eigenvalue weighted by Crippen LogP contribution is -2.31. The minimum absolute atomic E-state index is 0.214. The summed E-state index contributed by atoms with van der Waals surface area (Å²) in [7, 11) is 0. The highest BCUT2D eigenvalue weighted by molar-refractivity contribution is 5.64. The second-order valence-corrected chi connectivity index (χ2v) is 7.23. The highest BCUT2D eigenvalue weighted by Gasteiger charge is 2.43. The number of rotatable bonds is 2. The summed E-state index contributed by atoms with van der Waals surface area (Å²) in [6.07, 6.45) is 0. The van der Waals surface area contributed by atoms with E-state index < -0.39 is 0 Å². The zero-order chi connectivity index (χ0) is 16.1. The highest BCUT2D eigenvalue weighted by Crippen LogP contribution is 2.50. The van der Waals surface area contributed by atoms with Crippen molar-refractivity contribution < 1.29 is 4.74 Å². The Morgan fingerprint density at radius 1 is 1.09 bits per heavy atom. The van der Waals surface area contributed by atoms with Gasteiger partial charge in [0.1, 0.15) is 11.4 Å². The molecule has 0 spiro atoms. The summed E-state index contributed by atoms with van der Waals surface area (Å²) in [6.45, 7) is 10.8. The number of nitrogen functional groups attached to an aromatic ring is 1.